The molecule has 4 rings (SSSR count). The molecule has 9 heteroatoms. The molecule has 1 atom stereocenters. The zero-order valence-corrected chi connectivity index (χ0v) is 15.0. The fourth-order valence-corrected chi connectivity index (χ4v) is 3.69. The Balaban J connectivity index is 1.56. The average molecular weight is 360 g/mol. The molecule has 2 aliphatic rings. The standard InChI is InChI=1S/C17H24N6O3/c1-25-9-6-14-19-16(26-22-14)13-4-2-3-8-23(13)17(24)15-11-5-7-18-10-12(11)20-21-15/h13,18H,2-10H2,1H3,(H,20,21). The summed E-state index contributed by atoms with van der Waals surface area (Å²) >= 11 is 0. The van der Waals surface area contributed by atoms with E-state index < -0.39 is 0 Å². The lowest BCUT2D eigenvalue weighted by atomic mass is 9.99. The number of hydrogen-bond acceptors (Lipinski definition) is 7. The Labute approximate surface area is 151 Å². The molecule has 0 spiro atoms. The normalized spacial score (nSPS) is 20.2. The molecule has 2 aliphatic heterocycles. The summed E-state index contributed by atoms with van der Waals surface area (Å²) in [5.41, 5.74) is 2.57. The molecule has 1 fully saturated rings. The lowest BCUT2D eigenvalue weighted by molar-refractivity contribution is 0.0554. The van der Waals surface area contributed by atoms with E-state index >= 15 is 0 Å². The highest BCUT2D eigenvalue weighted by Crippen LogP contribution is 2.32. The minimum absolute atomic E-state index is 0.0502. The van der Waals surface area contributed by atoms with Gasteiger partial charge in [-0.3, -0.25) is 9.89 Å². The van der Waals surface area contributed by atoms with Crippen LogP contribution in [0.3, 0.4) is 0 Å². The molecule has 0 bridgehead atoms. The van der Waals surface area contributed by atoms with Crippen LogP contribution in [0.5, 0.6) is 0 Å². The van der Waals surface area contributed by atoms with Gasteiger partial charge in [0.2, 0.25) is 5.89 Å². The molecular weight excluding hydrogens is 336 g/mol. The largest absolute Gasteiger partial charge is 0.384 e. The molecule has 1 amide bonds. The second kappa shape index (κ2) is 7.55. The summed E-state index contributed by atoms with van der Waals surface area (Å²) in [5.74, 6) is 1.07. The second-order valence-corrected chi connectivity index (χ2v) is 6.76. The predicted octanol–water partition coefficient (Wildman–Crippen LogP) is 0.995. The van der Waals surface area contributed by atoms with Crippen LogP contribution in [0.15, 0.2) is 4.52 Å². The van der Waals surface area contributed by atoms with Crippen molar-refractivity contribution in [3.05, 3.63) is 28.7 Å². The lowest BCUT2D eigenvalue weighted by Crippen LogP contribution is -2.39. The number of methoxy groups -OCH3 is 1. The number of rotatable bonds is 5. The summed E-state index contributed by atoms with van der Waals surface area (Å²) < 4.78 is 10.5. The van der Waals surface area contributed by atoms with E-state index in [0.717, 1.165) is 50.0 Å². The van der Waals surface area contributed by atoms with Crippen LogP contribution < -0.4 is 5.32 Å². The van der Waals surface area contributed by atoms with Gasteiger partial charge in [-0.1, -0.05) is 5.16 Å². The summed E-state index contributed by atoms with van der Waals surface area (Å²) in [7, 11) is 1.64. The fourth-order valence-electron chi connectivity index (χ4n) is 3.69. The molecule has 140 valence electrons. The van der Waals surface area contributed by atoms with Crippen molar-refractivity contribution in [3.8, 4) is 0 Å². The van der Waals surface area contributed by atoms with E-state index in [9.17, 15) is 4.79 Å². The van der Waals surface area contributed by atoms with E-state index in [1.807, 2.05) is 4.90 Å². The Bertz CT molecular complexity index is 770. The summed E-state index contributed by atoms with van der Waals surface area (Å²) in [6.45, 7) is 2.81. The predicted molar refractivity (Wildman–Crippen MR) is 91.5 cm³/mol. The summed E-state index contributed by atoms with van der Waals surface area (Å²) in [6.07, 6.45) is 4.24. The molecule has 1 unspecified atom stereocenters. The van der Waals surface area contributed by atoms with Crippen LogP contribution in [0.1, 0.15) is 58.8 Å². The van der Waals surface area contributed by atoms with Gasteiger partial charge in [-0.2, -0.15) is 10.1 Å². The maximum Gasteiger partial charge on any atom is 0.275 e. The highest BCUT2D eigenvalue weighted by molar-refractivity contribution is 5.94. The number of nitrogens with one attached hydrogen (secondary N) is 2. The third-order valence-electron chi connectivity index (χ3n) is 5.07. The van der Waals surface area contributed by atoms with Crippen molar-refractivity contribution < 1.29 is 14.1 Å². The minimum Gasteiger partial charge on any atom is -0.384 e. The number of aromatic nitrogens is 4. The van der Waals surface area contributed by atoms with Gasteiger partial charge in [-0.25, -0.2) is 0 Å². The van der Waals surface area contributed by atoms with Crippen LogP contribution in [0.4, 0.5) is 0 Å². The van der Waals surface area contributed by atoms with Crippen molar-refractivity contribution in [3.63, 3.8) is 0 Å². The van der Waals surface area contributed by atoms with E-state index in [4.69, 9.17) is 9.26 Å². The van der Waals surface area contributed by atoms with Gasteiger partial charge in [0.25, 0.3) is 5.91 Å². The van der Waals surface area contributed by atoms with E-state index in [0.29, 0.717) is 37.0 Å². The van der Waals surface area contributed by atoms with Crippen molar-refractivity contribution in [1.29, 1.82) is 0 Å². The number of fused-ring (bicyclic) bond motifs is 1. The molecule has 2 aromatic rings. The van der Waals surface area contributed by atoms with Crippen LogP contribution in [-0.2, 0) is 24.1 Å². The molecule has 2 N–H and O–H groups in total. The molecule has 9 nitrogen and oxygen atoms in total. The van der Waals surface area contributed by atoms with Gasteiger partial charge in [-0.15, -0.1) is 0 Å². The summed E-state index contributed by atoms with van der Waals surface area (Å²) in [5, 5.41) is 14.6. The molecular formula is C17H24N6O3. The van der Waals surface area contributed by atoms with Crippen LogP contribution in [0.25, 0.3) is 0 Å². The number of amides is 1. The quantitative estimate of drug-likeness (QED) is 0.818. The first-order valence-electron chi connectivity index (χ1n) is 9.17. The van der Waals surface area contributed by atoms with E-state index in [-0.39, 0.29) is 11.9 Å². The minimum atomic E-state index is -0.186. The number of likely N-dealkylation sites (tertiary alicyclic amines) is 1. The average Bonchev–Trinajstić information content (AvgIpc) is 3.33. The van der Waals surface area contributed by atoms with Gasteiger partial charge in [0.05, 0.1) is 12.3 Å². The Morgan fingerprint density at radius 1 is 1.42 bits per heavy atom. The van der Waals surface area contributed by atoms with Crippen LogP contribution >= 0.6 is 0 Å². The summed E-state index contributed by atoms with van der Waals surface area (Å²) in [4.78, 5) is 19.5. The molecule has 26 heavy (non-hydrogen) atoms. The van der Waals surface area contributed by atoms with Crippen molar-refractivity contribution in [2.24, 2.45) is 0 Å². The third-order valence-corrected chi connectivity index (χ3v) is 5.07. The van der Waals surface area contributed by atoms with Gasteiger partial charge in [0.1, 0.15) is 6.04 Å². The molecule has 0 radical (unpaired) electrons. The Hall–Kier alpha value is -2.26. The first-order chi connectivity index (χ1) is 12.8. The number of ether oxygens (including phenoxy) is 1. The van der Waals surface area contributed by atoms with E-state index in [1.54, 1.807) is 7.11 Å². The third kappa shape index (κ3) is 3.24. The Morgan fingerprint density at radius 3 is 3.23 bits per heavy atom. The summed E-state index contributed by atoms with van der Waals surface area (Å²) in [6, 6.07) is -0.186. The second-order valence-electron chi connectivity index (χ2n) is 6.76. The van der Waals surface area contributed by atoms with E-state index in [2.05, 4.69) is 25.7 Å². The number of hydrogen-bond donors (Lipinski definition) is 2. The molecule has 0 aromatic carbocycles. The van der Waals surface area contributed by atoms with E-state index in [1.165, 1.54) is 0 Å². The Morgan fingerprint density at radius 2 is 2.35 bits per heavy atom. The van der Waals surface area contributed by atoms with Crippen LogP contribution in [-0.4, -0.2) is 58.0 Å². The van der Waals surface area contributed by atoms with Crippen LogP contribution in [0, 0.1) is 0 Å². The number of piperidine rings is 1. The van der Waals surface area contributed by atoms with Crippen LogP contribution in [0.2, 0.25) is 0 Å². The molecule has 2 aromatic heterocycles. The van der Waals surface area contributed by atoms with Crippen molar-refractivity contribution in [1.82, 2.24) is 30.6 Å². The zero-order chi connectivity index (χ0) is 17.9. The number of carbonyl (C=O) groups is 1. The maximum absolute atomic E-state index is 13.2. The number of aromatic amines is 1. The highest BCUT2D eigenvalue weighted by Gasteiger charge is 2.35. The molecule has 0 saturated carbocycles. The topological polar surface area (TPSA) is 109 Å². The number of carbonyl (C=O) groups excluding carboxylic acids is 1. The SMILES string of the molecule is COCCc1noc(C2CCCCN2C(=O)c2n[nH]c3c2CCNC3)n1. The van der Waals surface area contributed by atoms with Gasteiger partial charge < -0.3 is 19.5 Å². The zero-order valence-electron chi connectivity index (χ0n) is 15.0. The highest BCUT2D eigenvalue weighted by atomic mass is 16.5. The maximum atomic E-state index is 13.2. The first kappa shape index (κ1) is 17.2. The van der Waals surface area contributed by atoms with Gasteiger partial charge in [-0.05, 0) is 32.2 Å². The lowest BCUT2D eigenvalue weighted by Gasteiger charge is -2.33. The molecule has 0 aliphatic carbocycles. The fraction of sp³-hybridized carbons (Fsp3) is 0.647. The molecule has 1 saturated heterocycles. The van der Waals surface area contributed by atoms with Gasteiger partial charge in [0, 0.05) is 32.2 Å². The van der Waals surface area contributed by atoms with Gasteiger partial charge in [0.15, 0.2) is 11.5 Å². The number of nitrogens with zero attached hydrogens (tertiary/aromatic N) is 4. The van der Waals surface area contributed by atoms with Crippen molar-refractivity contribution >= 4 is 5.91 Å². The number of H-pyrrole nitrogens is 1. The first-order valence-corrected chi connectivity index (χ1v) is 9.17. The van der Waals surface area contributed by atoms with Crippen molar-refractivity contribution in [2.75, 3.05) is 26.8 Å². The van der Waals surface area contributed by atoms with Gasteiger partial charge >= 0.3 is 0 Å². The van der Waals surface area contributed by atoms with Crippen molar-refractivity contribution in [2.45, 2.75) is 44.7 Å². The smallest absolute Gasteiger partial charge is 0.275 e. The molecule has 4 heterocycles. The monoisotopic (exact) mass is 360 g/mol. The Kier molecular flexibility index (Phi) is 4.98.